The predicted octanol–water partition coefficient (Wildman–Crippen LogP) is 0.120. The maximum absolute atomic E-state index is 10.4. The van der Waals surface area contributed by atoms with Crippen LogP contribution in [0.2, 0.25) is 0 Å². The van der Waals surface area contributed by atoms with Gasteiger partial charge in [-0.15, -0.1) is 0 Å². The lowest BCUT2D eigenvalue weighted by Crippen LogP contribution is -2.40. The predicted molar refractivity (Wildman–Crippen MR) is 46.7 cm³/mol. The molecule has 12 heavy (non-hydrogen) atoms. The number of hydrogen-bond donors (Lipinski definition) is 2. The second kappa shape index (κ2) is 2.73. The van der Waals surface area contributed by atoms with Crippen LogP contribution >= 0.6 is 0 Å². The van der Waals surface area contributed by atoms with Gasteiger partial charge in [-0.25, -0.2) is 0 Å². The monoisotopic (exact) mass is 168 g/mol. The molecule has 0 radical (unpaired) electrons. The number of hydrogen-bond acceptors (Lipinski definition) is 2. The largest absolute Gasteiger partial charge is 0.354 e. The van der Waals surface area contributed by atoms with Crippen molar-refractivity contribution in [1.29, 1.82) is 0 Å². The Hall–Kier alpha value is -0.570. The van der Waals surface area contributed by atoms with E-state index in [0.717, 1.165) is 44.2 Å². The Morgan fingerprint density at radius 1 is 1.42 bits per heavy atom. The molecule has 1 aliphatic heterocycles. The van der Waals surface area contributed by atoms with Crippen molar-refractivity contribution in [1.82, 2.24) is 10.6 Å². The fourth-order valence-electron chi connectivity index (χ4n) is 2.77. The highest BCUT2D eigenvalue weighted by atomic mass is 16.1. The fourth-order valence-corrected chi connectivity index (χ4v) is 2.77. The first-order valence-electron chi connectivity index (χ1n) is 4.65. The summed E-state index contributed by atoms with van der Waals surface area (Å²) >= 11 is 0. The molecule has 1 aliphatic carbocycles. The Balaban J connectivity index is 2.01. The Kier molecular flexibility index (Phi) is 1.83. The summed E-state index contributed by atoms with van der Waals surface area (Å²) in [5.41, 5.74) is 0.0825. The van der Waals surface area contributed by atoms with Crippen molar-refractivity contribution in [3.05, 3.63) is 0 Å². The summed E-state index contributed by atoms with van der Waals surface area (Å²) in [6.07, 6.45) is 3.13. The molecule has 0 aromatic carbocycles. The molecule has 0 bridgehead atoms. The van der Waals surface area contributed by atoms with E-state index < -0.39 is 0 Å². The summed E-state index contributed by atoms with van der Waals surface area (Å²) in [6, 6.07) is 0. The average molecular weight is 168 g/mol. The molecule has 2 aliphatic rings. The van der Waals surface area contributed by atoms with E-state index in [1.165, 1.54) is 0 Å². The maximum Gasteiger partial charge on any atom is 0.207 e. The molecule has 3 heteroatoms. The average Bonchev–Trinajstić information content (AvgIpc) is 2.45. The first kappa shape index (κ1) is 8.05. The van der Waals surface area contributed by atoms with Crippen LogP contribution in [0.4, 0.5) is 0 Å². The molecular formula is C9H16N2O. The highest BCUT2D eigenvalue weighted by Crippen LogP contribution is 2.40. The van der Waals surface area contributed by atoms with E-state index in [2.05, 4.69) is 17.6 Å². The molecule has 0 spiro atoms. The normalized spacial score (nSPS) is 45.8. The molecule has 0 aromatic rings. The number of rotatable bonds is 2. The van der Waals surface area contributed by atoms with Gasteiger partial charge in [-0.2, -0.15) is 0 Å². The molecule has 1 unspecified atom stereocenters. The van der Waals surface area contributed by atoms with Crippen molar-refractivity contribution in [2.45, 2.75) is 25.3 Å². The summed E-state index contributed by atoms with van der Waals surface area (Å²) in [5.74, 6) is 1.59. The van der Waals surface area contributed by atoms with E-state index in [4.69, 9.17) is 0 Å². The van der Waals surface area contributed by atoms with E-state index in [9.17, 15) is 4.79 Å². The third kappa shape index (κ3) is 1.22. The zero-order valence-electron chi connectivity index (χ0n) is 7.47. The topological polar surface area (TPSA) is 41.1 Å². The van der Waals surface area contributed by atoms with Crippen molar-refractivity contribution >= 4 is 6.41 Å². The molecule has 2 rings (SSSR count). The standard InChI is InChI=1S/C9H16N2O/c1-9(11-6-12)2-7-4-10-5-8(7)3-9/h6-8,10H,2-5H2,1H3,(H,11,12)/t7-,8+,9?. The summed E-state index contributed by atoms with van der Waals surface area (Å²) in [6.45, 7) is 4.43. The van der Waals surface area contributed by atoms with Gasteiger partial charge >= 0.3 is 0 Å². The van der Waals surface area contributed by atoms with E-state index >= 15 is 0 Å². The van der Waals surface area contributed by atoms with Crippen molar-refractivity contribution in [2.75, 3.05) is 13.1 Å². The van der Waals surface area contributed by atoms with E-state index in [0.29, 0.717) is 0 Å². The summed E-state index contributed by atoms with van der Waals surface area (Å²) in [5, 5.41) is 6.33. The minimum absolute atomic E-state index is 0.0825. The molecule has 3 atom stereocenters. The molecule has 68 valence electrons. The van der Waals surface area contributed by atoms with Gasteiger partial charge in [0, 0.05) is 5.54 Å². The highest BCUT2D eigenvalue weighted by molar-refractivity contribution is 5.48. The molecule has 1 saturated heterocycles. The van der Waals surface area contributed by atoms with Crippen LogP contribution in [-0.4, -0.2) is 25.0 Å². The summed E-state index contributed by atoms with van der Waals surface area (Å²) in [4.78, 5) is 10.4. The molecule has 3 nitrogen and oxygen atoms in total. The molecule has 0 aromatic heterocycles. The number of nitrogens with one attached hydrogen (secondary N) is 2. The number of carbonyl (C=O) groups is 1. The van der Waals surface area contributed by atoms with Crippen molar-refractivity contribution in [2.24, 2.45) is 11.8 Å². The van der Waals surface area contributed by atoms with Gasteiger partial charge in [0.05, 0.1) is 0 Å². The van der Waals surface area contributed by atoms with E-state index in [1.54, 1.807) is 0 Å². The summed E-state index contributed by atoms with van der Waals surface area (Å²) in [7, 11) is 0. The SMILES string of the molecule is CC1(NC=O)C[C@H]2CNC[C@H]2C1. The molecule has 2 N–H and O–H groups in total. The van der Waals surface area contributed by atoms with Gasteiger partial charge in [0.15, 0.2) is 0 Å². The van der Waals surface area contributed by atoms with E-state index in [1.807, 2.05) is 0 Å². The second-order valence-electron chi connectivity index (χ2n) is 4.41. The minimum Gasteiger partial charge on any atom is -0.354 e. The van der Waals surface area contributed by atoms with Gasteiger partial charge < -0.3 is 10.6 Å². The van der Waals surface area contributed by atoms with Crippen LogP contribution in [0.15, 0.2) is 0 Å². The zero-order valence-corrected chi connectivity index (χ0v) is 7.47. The molecule has 1 saturated carbocycles. The number of carbonyl (C=O) groups excluding carboxylic acids is 1. The van der Waals surface area contributed by atoms with Crippen LogP contribution in [0.3, 0.4) is 0 Å². The zero-order chi connectivity index (χ0) is 8.60. The Morgan fingerprint density at radius 3 is 2.50 bits per heavy atom. The van der Waals surface area contributed by atoms with Crippen LogP contribution in [-0.2, 0) is 4.79 Å². The van der Waals surface area contributed by atoms with Crippen LogP contribution in [0.25, 0.3) is 0 Å². The lowest BCUT2D eigenvalue weighted by molar-refractivity contribution is -0.111. The highest BCUT2D eigenvalue weighted by Gasteiger charge is 2.43. The van der Waals surface area contributed by atoms with Gasteiger partial charge in [-0.3, -0.25) is 4.79 Å². The Morgan fingerprint density at radius 2 is 2.00 bits per heavy atom. The van der Waals surface area contributed by atoms with Gasteiger partial charge in [0.25, 0.3) is 0 Å². The maximum atomic E-state index is 10.4. The minimum atomic E-state index is 0.0825. The third-order valence-corrected chi connectivity index (χ3v) is 3.31. The molecule has 1 heterocycles. The smallest absolute Gasteiger partial charge is 0.207 e. The lowest BCUT2D eigenvalue weighted by Gasteiger charge is -2.24. The quantitative estimate of drug-likeness (QED) is 0.575. The summed E-state index contributed by atoms with van der Waals surface area (Å²) < 4.78 is 0. The van der Waals surface area contributed by atoms with Gasteiger partial charge in [-0.1, -0.05) is 0 Å². The fraction of sp³-hybridized carbons (Fsp3) is 0.889. The third-order valence-electron chi connectivity index (χ3n) is 3.31. The lowest BCUT2D eigenvalue weighted by atomic mass is 9.99. The van der Waals surface area contributed by atoms with E-state index in [-0.39, 0.29) is 5.54 Å². The van der Waals surface area contributed by atoms with Gasteiger partial charge in [0.2, 0.25) is 6.41 Å². The first-order chi connectivity index (χ1) is 5.73. The molecule has 2 fully saturated rings. The second-order valence-corrected chi connectivity index (χ2v) is 4.41. The number of amides is 1. The Labute approximate surface area is 72.9 Å². The van der Waals surface area contributed by atoms with Gasteiger partial charge in [-0.05, 0) is 44.7 Å². The van der Waals surface area contributed by atoms with Crippen LogP contribution < -0.4 is 10.6 Å². The van der Waals surface area contributed by atoms with Crippen molar-refractivity contribution in [3.8, 4) is 0 Å². The van der Waals surface area contributed by atoms with Crippen molar-refractivity contribution < 1.29 is 4.79 Å². The van der Waals surface area contributed by atoms with Crippen LogP contribution in [0.5, 0.6) is 0 Å². The van der Waals surface area contributed by atoms with Crippen LogP contribution in [0, 0.1) is 11.8 Å². The number of fused-ring (bicyclic) bond motifs is 1. The van der Waals surface area contributed by atoms with Crippen molar-refractivity contribution in [3.63, 3.8) is 0 Å². The molecule has 1 amide bonds. The van der Waals surface area contributed by atoms with Crippen LogP contribution in [0.1, 0.15) is 19.8 Å². The molecular weight excluding hydrogens is 152 g/mol. The van der Waals surface area contributed by atoms with Gasteiger partial charge in [0.1, 0.15) is 0 Å². The Bertz CT molecular complexity index is 181. The first-order valence-corrected chi connectivity index (χ1v) is 4.65.